The maximum Gasteiger partial charge on any atom is 0.338 e. The van der Waals surface area contributed by atoms with Gasteiger partial charge in [-0.25, -0.2) is 4.79 Å². The molecule has 1 aliphatic rings. The van der Waals surface area contributed by atoms with Crippen molar-refractivity contribution in [1.82, 2.24) is 0 Å². The third-order valence-corrected chi connectivity index (χ3v) is 5.80. The average molecular weight is 490 g/mol. The van der Waals surface area contributed by atoms with Gasteiger partial charge in [-0.3, -0.25) is 4.79 Å². The van der Waals surface area contributed by atoms with Crippen molar-refractivity contribution in [2.24, 2.45) is 0 Å². The van der Waals surface area contributed by atoms with Crippen molar-refractivity contribution in [2.45, 2.75) is 50.7 Å². The normalized spacial score (nSPS) is 21.6. The van der Waals surface area contributed by atoms with Gasteiger partial charge >= 0.3 is 11.9 Å². The highest BCUT2D eigenvalue weighted by molar-refractivity contribution is 5.77. The molecule has 36 heavy (non-hydrogen) atoms. The third-order valence-electron chi connectivity index (χ3n) is 5.80. The zero-order chi connectivity index (χ0) is 25.2. The number of carboxylic acid groups (broad SMARTS) is 1. The van der Waals surface area contributed by atoms with E-state index in [4.69, 9.17) is 18.9 Å². The summed E-state index contributed by atoms with van der Waals surface area (Å²) in [6.07, 6.45) is -2.41. The molecule has 0 spiro atoms. The molecule has 0 amide bonds. The minimum absolute atomic E-state index is 0.181. The number of esters is 1. The molecule has 1 radical (unpaired) electrons. The highest BCUT2D eigenvalue weighted by Crippen LogP contribution is 2.29. The molecule has 7 heteroatoms. The number of ether oxygens (including phenoxy) is 4. The van der Waals surface area contributed by atoms with Crippen molar-refractivity contribution in [3.63, 3.8) is 0 Å². The molecule has 4 atom stereocenters. The van der Waals surface area contributed by atoms with Gasteiger partial charge in [0.05, 0.1) is 26.2 Å². The Morgan fingerprint density at radius 2 is 1.17 bits per heavy atom. The van der Waals surface area contributed by atoms with Crippen molar-refractivity contribution >= 4 is 11.9 Å². The lowest BCUT2D eigenvalue weighted by molar-refractivity contribution is -0.228. The van der Waals surface area contributed by atoms with Crippen molar-refractivity contribution < 1.29 is 33.6 Å². The second-order valence-electron chi connectivity index (χ2n) is 8.47. The molecule has 1 N–H and O–H groups in total. The largest absolute Gasteiger partial charge is 0.481 e. The van der Waals surface area contributed by atoms with Crippen LogP contribution in [0.15, 0.2) is 91.0 Å². The SMILES string of the molecule is O=C(O)C[CH][C@H]1OC(=O)[C@H](OCc2ccccc2)[C@@H](OCc2ccccc2)[C@@H]1OCc1ccccc1. The lowest BCUT2D eigenvalue weighted by Gasteiger charge is -2.41. The van der Waals surface area contributed by atoms with Crippen LogP contribution in [0.5, 0.6) is 0 Å². The van der Waals surface area contributed by atoms with Crippen LogP contribution in [0.1, 0.15) is 23.1 Å². The van der Waals surface area contributed by atoms with E-state index in [2.05, 4.69) is 0 Å². The zero-order valence-electron chi connectivity index (χ0n) is 19.8. The quantitative estimate of drug-likeness (QED) is 0.378. The van der Waals surface area contributed by atoms with E-state index in [1.54, 1.807) is 0 Å². The van der Waals surface area contributed by atoms with Gasteiger partial charge in [0, 0.05) is 6.42 Å². The first kappa shape index (κ1) is 25.6. The summed E-state index contributed by atoms with van der Waals surface area (Å²) in [7, 11) is 0. The second-order valence-corrected chi connectivity index (χ2v) is 8.47. The molecule has 1 saturated heterocycles. The van der Waals surface area contributed by atoms with Gasteiger partial charge in [0.25, 0.3) is 0 Å². The molecule has 187 valence electrons. The Labute approximate surface area is 210 Å². The number of carboxylic acids is 1. The van der Waals surface area contributed by atoms with Crippen LogP contribution in [0.4, 0.5) is 0 Å². The predicted octanol–water partition coefficient (Wildman–Crippen LogP) is 4.35. The summed E-state index contributed by atoms with van der Waals surface area (Å²) in [5, 5.41) is 9.22. The Balaban J connectivity index is 1.57. The maximum absolute atomic E-state index is 13.1. The van der Waals surface area contributed by atoms with Gasteiger partial charge in [0.1, 0.15) is 18.3 Å². The third kappa shape index (κ3) is 7.24. The molecule has 1 heterocycles. The van der Waals surface area contributed by atoms with Gasteiger partial charge in [0.2, 0.25) is 0 Å². The average Bonchev–Trinajstić information content (AvgIpc) is 2.91. The molecule has 0 saturated carbocycles. The van der Waals surface area contributed by atoms with Crippen molar-refractivity contribution in [3.8, 4) is 0 Å². The Hall–Kier alpha value is -3.52. The van der Waals surface area contributed by atoms with Gasteiger partial charge in [-0.2, -0.15) is 0 Å². The smallest absolute Gasteiger partial charge is 0.338 e. The highest BCUT2D eigenvalue weighted by atomic mass is 16.6. The Morgan fingerprint density at radius 1 is 0.722 bits per heavy atom. The number of carbonyl (C=O) groups excluding carboxylic acids is 1. The Kier molecular flexibility index (Phi) is 9.21. The van der Waals surface area contributed by atoms with Crippen LogP contribution in [0, 0.1) is 6.42 Å². The molecule has 0 aromatic heterocycles. The first-order valence-electron chi connectivity index (χ1n) is 11.8. The predicted molar refractivity (Wildman–Crippen MR) is 131 cm³/mol. The molecule has 7 nitrogen and oxygen atoms in total. The van der Waals surface area contributed by atoms with E-state index >= 15 is 0 Å². The van der Waals surface area contributed by atoms with Gasteiger partial charge in [0.15, 0.2) is 6.10 Å². The van der Waals surface area contributed by atoms with Gasteiger partial charge in [-0.1, -0.05) is 91.0 Å². The summed E-state index contributed by atoms with van der Waals surface area (Å²) in [5.41, 5.74) is 2.74. The van der Waals surface area contributed by atoms with Gasteiger partial charge in [-0.05, 0) is 16.7 Å². The monoisotopic (exact) mass is 489 g/mol. The van der Waals surface area contributed by atoms with Crippen LogP contribution in [0.3, 0.4) is 0 Å². The van der Waals surface area contributed by atoms with E-state index in [0.717, 1.165) is 16.7 Å². The summed E-state index contributed by atoms with van der Waals surface area (Å²) < 4.78 is 24.2. The summed E-state index contributed by atoms with van der Waals surface area (Å²) in [6, 6.07) is 28.6. The number of hydrogen-bond acceptors (Lipinski definition) is 6. The molecular formula is C29H29O7. The number of cyclic esters (lactones) is 1. The van der Waals surface area contributed by atoms with E-state index in [9.17, 15) is 14.7 Å². The Morgan fingerprint density at radius 3 is 1.64 bits per heavy atom. The fourth-order valence-corrected chi connectivity index (χ4v) is 3.99. The van der Waals surface area contributed by atoms with Crippen LogP contribution >= 0.6 is 0 Å². The standard InChI is InChI=1S/C29H29O7/c30-25(31)17-16-24-26(33-18-21-10-4-1-5-11-21)27(34-19-22-12-6-2-7-13-22)28(29(32)36-24)35-20-23-14-8-3-9-15-23/h1-16,24,26-28H,17-20H2,(H,30,31)/t24-,26-,27+,28-/m1/s1. The molecule has 0 aliphatic carbocycles. The minimum atomic E-state index is -1.05. The molecule has 0 bridgehead atoms. The van der Waals surface area contributed by atoms with Gasteiger partial charge in [-0.15, -0.1) is 0 Å². The first-order chi connectivity index (χ1) is 17.6. The van der Waals surface area contributed by atoms with Crippen LogP contribution in [0.25, 0.3) is 0 Å². The molecule has 0 unspecified atom stereocenters. The van der Waals surface area contributed by atoms with Crippen LogP contribution in [-0.4, -0.2) is 41.5 Å². The number of benzene rings is 3. The zero-order valence-corrected chi connectivity index (χ0v) is 19.8. The minimum Gasteiger partial charge on any atom is -0.481 e. The topological polar surface area (TPSA) is 91.3 Å². The highest BCUT2D eigenvalue weighted by Gasteiger charge is 2.48. The van der Waals surface area contributed by atoms with E-state index in [-0.39, 0.29) is 26.2 Å². The Bertz CT molecular complexity index is 1090. The molecule has 4 rings (SSSR count). The summed E-state index contributed by atoms with van der Waals surface area (Å²) >= 11 is 0. The van der Waals surface area contributed by atoms with Crippen molar-refractivity contribution in [1.29, 1.82) is 0 Å². The summed E-state index contributed by atoms with van der Waals surface area (Å²) in [4.78, 5) is 24.3. The number of carbonyl (C=O) groups is 2. The van der Waals surface area contributed by atoms with Crippen molar-refractivity contribution in [2.75, 3.05) is 0 Å². The second kappa shape index (κ2) is 13.0. The van der Waals surface area contributed by atoms with E-state index in [1.165, 1.54) is 6.42 Å². The molecule has 3 aromatic rings. The maximum atomic E-state index is 13.1. The van der Waals surface area contributed by atoms with Crippen LogP contribution in [0.2, 0.25) is 0 Å². The summed E-state index contributed by atoms with van der Waals surface area (Å²) in [5.74, 6) is -1.65. The lowest BCUT2D eigenvalue weighted by atomic mass is 9.95. The molecule has 1 fully saturated rings. The lowest BCUT2D eigenvalue weighted by Crippen LogP contribution is -2.58. The van der Waals surface area contributed by atoms with Crippen LogP contribution < -0.4 is 0 Å². The molecular weight excluding hydrogens is 460 g/mol. The fraction of sp³-hybridized carbons (Fsp3) is 0.276. The fourth-order valence-electron chi connectivity index (χ4n) is 3.99. The first-order valence-corrected chi connectivity index (χ1v) is 11.8. The van der Waals surface area contributed by atoms with E-state index in [0.29, 0.717) is 0 Å². The summed E-state index contributed by atoms with van der Waals surface area (Å²) in [6.45, 7) is 0.638. The molecule has 3 aromatic carbocycles. The molecule has 1 aliphatic heterocycles. The van der Waals surface area contributed by atoms with Crippen molar-refractivity contribution in [3.05, 3.63) is 114 Å². The number of aliphatic carboxylic acids is 1. The van der Waals surface area contributed by atoms with Gasteiger partial charge < -0.3 is 24.1 Å². The number of hydrogen-bond donors (Lipinski definition) is 1. The van der Waals surface area contributed by atoms with E-state index < -0.39 is 36.4 Å². The van der Waals surface area contributed by atoms with E-state index in [1.807, 2.05) is 91.0 Å². The number of rotatable bonds is 12. The van der Waals surface area contributed by atoms with Crippen LogP contribution in [-0.2, 0) is 48.4 Å².